The van der Waals surface area contributed by atoms with E-state index in [-0.39, 0.29) is 5.91 Å². The van der Waals surface area contributed by atoms with E-state index in [0.717, 1.165) is 6.42 Å². The van der Waals surface area contributed by atoms with Crippen molar-refractivity contribution in [3.05, 3.63) is 18.7 Å². The van der Waals surface area contributed by atoms with Crippen LogP contribution in [0.4, 0.5) is 0 Å². The van der Waals surface area contributed by atoms with Crippen molar-refractivity contribution in [2.45, 2.75) is 20.3 Å². The Morgan fingerprint density at radius 3 is 2.67 bits per heavy atom. The third-order valence-electron chi connectivity index (χ3n) is 0.825. The van der Waals surface area contributed by atoms with E-state index in [1.165, 1.54) is 0 Å². The monoisotopic (exact) mass is 126 g/mol. The molecule has 0 unspecified atom stereocenters. The Morgan fingerprint density at radius 1 is 1.78 bits per heavy atom. The largest absolute Gasteiger partial charge is 0.348 e. The van der Waals surface area contributed by atoms with Crippen LogP contribution in [0.5, 0.6) is 0 Å². The third kappa shape index (κ3) is 3.76. The molecule has 0 aliphatic rings. The van der Waals surface area contributed by atoms with Gasteiger partial charge < -0.3 is 5.32 Å². The molecule has 0 saturated carbocycles. The predicted octanol–water partition coefficient (Wildman–Crippen LogP) is 1.25. The molecule has 0 heterocycles. The number of carbonyl (C=O) groups is 1. The number of hydrogen-bond acceptors (Lipinski definition) is 1. The van der Waals surface area contributed by atoms with Gasteiger partial charge in [-0.05, 0) is 13.3 Å². The highest BCUT2D eigenvalue weighted by Gasteiger charge is 1.97. The van der Waals surface area contributed by atoms with E-state index in [9.17, 15) is 4.79 Å². The van der Waals surface area contributed by atoms with E-state index in [1.807, 2.05) is 6.92 Å². The fourth-order valence-corrected chi connectivity index (χ4v) is 0.318. The summed E-state index contributed by atoms with van der Waals surface area (Å²) < 4.78 is 0. The summed E-state index contributed by atoms with van der Waals surface area (Å²) in [4.78, 5) is 10.7. The van der Waals surface area contributed by atoms with Crippen LogP contribution in [0, 0.1) is 6.54 Å². The Labute approximate surface area is 56.0 Å². The van der Waals surface area contributed by atoms with Crippen molar-refractivity contribution in [2.24, 2.45) is 0 Å². The number of carbonyl (C=O) groups excluding carboxylic acids is 1. The average molecular weight is 126 g/mol. The molecule has 0 atom stereocenters. The molecule has 1 N–H and O–H groups in total. The second kappa shape index (κ2) is 4.13. The van der Waals surface area contributed by atoms with Crippen molar-refractivity contribution in [1.29, 1.82) is 0 Å². The highest BCUT2D eigenvalue weighted by molar-refractivity contribution is 5.92. The van der Waals surface area contributed by atoms with Crippen LogP contribution in [0.3, 0.4) is 0 Å². The molecular weight excluding hydrogens is 114 g/mol. The lowest BCUT2D eigenvalue weighted by Gasteiger charge is -1.99. The molecule has 2 heteroatoms. The van der Waals surface area contributed by atoms with Gasteiger partial charge in [0.15, 0.2) is 0 Å². The minimum atomic E-state index is -0.100. The lowest BCUT2D eigenvalue weighted by atomic mass is 10.3. The maximum absolute atomic E-state index is 10.7. The molecular formula is C7H12NO. The fraction of sp³-hybridized carbons (Fsp3) is 0.429. The SMILES string of the molecule is C=C(C)C(=O)N[CH]CC. The highest BCUT2D eigenvalue weighted by Crippen LogP contribution is 1.87. The first-order valence-electron chi connectivity index (χ1n) is 2.96. The molecule has 0 aromatic heterocycles. The second-order valence-electron chi connectivity index (χ2n) is 1.87. The molecule has 1 radical (unpaired) electrons. The molecule has 0 aliphatic carbocycles. The van der Waals surface area contributed by atoms with Crippen LogP contribution in [0.15, 0.2) is 12.2 Å². The molecule has 51 valence electrons. The van der Waals surface area contributed by atoms with Crippen molar-refractivity contribution in [1.82, 2.24) is 5.32 Å². The van der Waals surface area contributed by atoms with Crippen LogP contribution in [0.25, 0.3) is 0 Å². The summed E-state index contributed by atoms with van der Waals surface area (Å²) in [7, 11) is 0. The Hall–Kier alpha value is -0.790. The molecule has 0 rings (SSSR count). The van der Waals surface area contributed by atoms with Gasteiger partial charge in [-0.25, -0.2) is 0 Å². The zero-order valence-corrected chi connectivity index (χ0v) is 5.90. The van der Waals surface area contributed by atoms with Gasteiger partial charge in [0.25, 0.3) is 0 Å². The lowest BCUT2D eigenvalue weighted by Crippen LogP contribution is -2.20. The number of hydrogen-bond donors (Lipinski definition) is 1. The molecule has 2 nitrogen and oxygen atoms in total. The molecule has 1 amide bonds. The number of nitrogens with one attached hydrogen (secondary N) is 1. The summed E-state index contributed by atoms with van der Waals surface area (Å²) in [5, 5.41) is 2.57. The van der Waals surface area contributed by atoms with Gasteiger partial charge >= 0.3 is 0 Å². The summed E-state index contributed by atoms with van der Waals surface area (Å²) in [6.07, 6.45) is 0.846. The van der Waals surface area contributed by atoms with Gasteiger partial charge in [0.1, 0.15) is 0 Å². The zero-order chi connectivity index (χ0) is 7.28. The van der Waals surface area contributed by atoms with Crippen LogP contribution in [-0.4, -0.2) is 5.91 Å². The normalized spacial score (nSPS) is 8.67. The van der Waals surface area contributed by atoms with Crippen molar-refractivity contribution >= 4 is 5.91 Å². The third-order valence-corrected chi connectivity index (χ3v) is 0.825. The van der Waals surface area contributed by atoms with E-state index in [2.05, 4.69) is 11.9 Å². The van der Waals surface area contributed by atoms with E-state index in [4.69, 9.17) is 0 Å². The van der Waals surface area contributed by atoms with Crippen LogP contribution in [0.2, 0.25) is 0 Å². The fourth-order valence-electron chi connectivity index (χ4n) is 0.318. The van der Waals surface area contributed by atoms with Gasteiger partial charge in [0, 0.05) is 12.1 Å². The van der Waals surface area contributed by atoms with Crippen molar-refractivity contribution in [3.8, 4) is 0 Å². The van der Waals surface area contributed by atoms with Gasteiger partial charge in [0.05, 0.1) is 0 Å². The van der Waals surface area contributed by atoms with Crippen molar-refractivity contribution in [2.75, 3.05) is 0 Å². The predicted molar refractivity (Wildman–Crippen MR) is 37.5 cm³/mol. The van der Waals surface area contributed by atoms with Crippen LogP contribution in [0.1, 0.15) is 20.3 Å². The molecule has 0 aromatic rings. The Bertz CT molecular complexity index is 118. The van der Waals surface area contributed by atoms with Crippen LogP contribution in [-0.2, 0) is 4.79 Å². The van der Waals surface area contributed by atoms with Crippen LogP contribution < -0.4 is 5.32 Å². The first kappa shape index (κ1) is 8.21. The molecule has 0 aromatic carbocycles. The first-order chi connectivity index (χ1) is 4.18. The summed E-state index contributed by atoms with van der Waals surface area (Å²) in [6.45, 7) is 8.82. The maximum Gasteiger partial charge on any atom is 0.246 e. The molecule has 0 aliphatic heterocycles. The smallest absolute Gasteiger partial charge is 0.246 e. The molecule has 0 bridgehead atoms. The van der Waals surface area contributed by atoms with E-state index in [1.54, 1.807) is 13.5 Å². The van der Waals surface area contributed by atoms with E-state index in [0.29, 0.717) is 5.57 Å². The first-order valence-corrected chi connectivity index (χ1v) is 2.96. The Balaban J connectivity index is 3.39. The lowest BCUT2D eigenvalue weighted by molar-refractivity contribution is -0.116. The summed E-state index contributed by atoms with van der Waals surface area (Å²) in [5.41, 5.74) is 0.541. The van der Waals surface area contributed by atoms with Gasteiger partial charge in [-0.2, -0.15) is 0 Å². The number of rotatable bonds is 3. The molecule has 0 spiro atoms. The molecule has 0 saturated heterocycles. The zero-order valence-electron chi connectivity index (χ0n) is 5.90. The van der Waals surface area contributed by atoms with Crippen molar-refractivity contribution in [3.63, 3.8) is 0 Å². The molecule has 0 fully saturated rings. The number of amides is 1. The van der Waals surface area contributed by atoms with E-state index < -0.39 is 0 Å². The molecule has 9 heavy (non-hydrogen) atoms. The van der Waals surface area contributed by atoms with Gasteiger partial charge in [-0.15, -0.1) is 0 Å². The van der Waals surface area contributed by atoms with Gasteiger partial charge in [-0.3, -0.25) is 4.79 Å². The summed E-state index contributed by atoms with van der Waals surface area (Å²) >= 11 is 0. The minimum absolute atomic E-state index is 0.100. The topological polar surface area (TPSA) is 29.1 Å². The summed E-state index contributed by atoms with van der Waals surface area (Å²) in [5.74, 6) is -0.100. The average Bonchev–Trinajstić information content (AvgIpc) is 1.82. The summed E-state index contributed by atoms with van der Waals surface area (Å²) in [6, 6.07) is 0. The van der Waals surface area contributed by atoms with E-state index >= 15 is 0 Å². The quantitative estimate of drug-likeness (QED) is 0.566. The van der Waals surface area contributed by atoms with Gasteiger partial charge in [0.2, 0.25) is 5.91 Å². The van der Waals surface area contributed by atoms with Crippen LogP contribution >= 0.6 is 0 Å². The highest BCUT2D eigenvalue weighted by atomic mass is 16.1. The van der Waals surface area contributed by atoms with Gasteiger partial charge in [-0.1, -0.05) is 13.5 Å². The minimum Gasteiger partial charge on any atom is -0.348 e. The Morgan fingerprint density at radius 2 is 2.33 bits per heavy atom. The second-order valence-corrected chi connectivity index (χ2v) is 1.87. The maximum atomic E-state index is 10.7. The Kier molecular flexibility index (Phi) is 3.76. The van der Waals surface area contributed by atoms with Crippen molar-refractivity contribution < 1.29 is 4.79 Å². The standard InChI is InChI=1S/C7H12NO/c1-4-5-8-7(9)6(2)3/h5H,2,4H2,1,3H3,(H,8,9).